The number of carboxylic acids is 1. The van der Waals surface area contributed by atoms with Gasteiger partial charge in [0.25, 0.3) is 0 Å². The molecule has 21 heavy (non-hydrogen) atoms. The molecule has 2 rings (SSSR count). The van der Waals surface area contributed by atoms with Gasteiger partial charge in [-0.2, -0.15) is 0 Å². The van der Waals surface area contributed by atoms with E-state index in [9.17, 15) is 9.90 Å². The van der Waals surface area contributed by atoms with Crippen molar-refractivity contribution >= 4 is 21.9 Å². The third-order valence-electron chi connectivity index (χ3n) is 3.13. The second kappa shape index (κ2) is 6.80. The maximum absolute atomic E-state index is 11.4. The number of tetrazole rings is 1. The maximum atomic E-state index is 11.4. The van der Waals surface area contributed by atoms with Crippen LogP contribution in [0.25, 0.3) is 11.4 Å². The fourth-order valence-corrected chi connectivity index (χ4v) is 2.43. The van der Waals surface area contributed by atoms with Crippen LogP contribution < -0.4 is 0 Å². The Balaban J connectivity index is 2.23. The van der Waals surface area contributed by atoms with Crippen molar-refractivity contribution in [1.82, 2.24) is 20.2 Å². The molecule has 0 amide bonds. The van der Waals surface area contributed by atoms with Gasteiger partial charge in [-0.15, -0.1) is 5.10 Å². The Morgan fingerprint density at radius 3 is 2.57 bits per heavy atom. The highest BCUT2D eigenvalue weighted by atomic mass is 79.9. The average Bonchev–Trinajstić information content (AvgIpc) is 2.86. The number of aromatic nitrogens is 4. The minimum Gasteiger partial charge on any atom is -0.481 e. The van der Waals surface area contributed by atoms with E-state index >= 15 is 0 Å². The predicted molar refractivity (Wildman–Crippen MR) is 81.5 cm³/mol. The van der Waals surface area contributed by atoms with Crippen LogP contribution in [0.5, 0.6) is 0 Å². The Bertz CT molecular complexity index is 610. The lowest BCUT2D eigenvalue weighted by molar-refractivity contribution is -0.142. The van der Waals surface area contributed by atoms with Gasteiger partial charge in [0, 0.05) is 10.0 Å². The van der Waals surface area contributed by atoms with Gasteiger partial charge in [-0.1, -0.05) is 41.9 Å². The first kappa shape index (κ1) is 15.6. The highest BCUT2D eigenvalue weighted by Gasteiger charge is 2.22. The summed E-state index contributed by atoms with van der Waals surface area (Å²) in [5.41, 5.74) is 0.858. The SMILES string of the molecule is CC(C)CC(Cn1nnnc1-c1ccc(Br)cc1)C(=O)O. The summed E-state index contributed by atoms with van der Waals surface area (Å²) < 4.78 is 2.53. The Hall–Kier alpha value is -1.76. The number of aliphatic carboxylic acids is 1. The van der Waals surface area contributed by atoms with Crippen LogP contribution in [0, 0.1) is 11.8 Å². The number of nitrogens with zero attached hydrogens (tertiary/aromatic N) is 4. The molecule has 1 aromatic carbocycles. The quantitative estimate of drug-likeness (QED) is 0.864. The maximum Gasteiger partial charge on any atom is 0.308 e. The largest absolute Gasteiger partial charge is 0.481 e. The Kier molecular flexibility index (Phi) is 5.06. The van der Waals surface area contributed by atoms with Crippen molar-refractivity contribution in [2.45, 2.75) is 26.8 Å². The molecular formula is C14H17BrN4O2. The number of hydrogen-bond acceptors (Lipinski definition) is 4. The molecule has 0 saturated heterocycles. The van der Waals surface area contributed by atoms with Crippen LogP contribution >= 0.6 is 15.9 Å². The molecule has 0 bridgehead atoms. The lowest BCUT2D eigenvalue weighted by atomic mass is 9.97. The second-order valence-corrected chi connectivity index (χ2v) is 6.27. The first-order chi connectivity index (χ1) is 9.97. The number of halogens is 1. The molecule has 0 aliphatic carbocycles. The van der Waals surface area contributed by atoms with E-state index in [1.165, 1.54) is 0 Å². The molecule has 1 unspecified atom stereocenters. The molecule has 7 heteroatoms. The predicted octanol–water partition coefficient (Wildman–Crippen LogP) is 2.85. The molecule has 0 aliphatic rings. The topological polar surface area (TPSA) is 80.9 Å². The first-order valence-corrected chi connectivity index (χ1v) is 7.51. The van der Waals surface area contributed by atoms with Crippen molar-refractivity contribution in [2.24, 2.45) is 11.8 Å². The normalized spacial score (nSPS) is 12.6. The summed E-state index contributed by atoms with van der Waals surface area (Å²) in [5, 5.41) is 20.9. The van der Waals surface area contributed by atoms with E-state index in [0.717, 1.165) is 10.0 Å². The molecule has 0 fully saturated rings. The minimum absolute atomic E-state index is 0.270. The number of carbonyl (C=O) groups is 1. The molecule has 0 saturated carbocycles. The summed E-state index contributed by atoms with van der Waals surface area (Å²) >= 11 is 3.38. The van der Waals surface area contributed by atoms with Gasteiger partial charge in [0.05, 0.1) is 12.5 Å². The number of benzene rings is 1. The summed E-state index contributed by atoms with van der Waals surface area (Å²) in [6.07, 6.45) is 0.592. The third-order valence-corrected chi connectivity index (χ3v) is 3.66. The zero-order valence-corrected chi connectivity index (χ0v) is 13.5. The van der Waals surface area contributed by atoms with Crippen LogP contribution in [-0.4, -0.2) is 31.3 Å². The Morgan fingerprint density at radius 1 is 1.33 bits per heavy atom. The zero-order chi connectivity index (χ0) is 15.4. The van der Waals surface area contributed by atoms with Gasteiger partial charge in [-0.05, 0) is 34.9 Å². The lowest BCUT2D eigenvalue weighted by Gasteiger charge is -2.15. The van der Waals surface area contributed by atoms with Gasteiger partial charge >= 0.3 is 5.97 Å². The Morgan fingerprint density at radius 2 is 2.00 bits per heavy atom. The summed E-state index contributed by atoms with van der Waals surface area (Å²) in [4.78, 5) is 11.4. The highest BCUT2D eigenvalue weighted by Crippen LogP contribution is 2.21. The van der Waals surface area contributed by atoms with E-state index in [1.54, 1.807) is 4.68 Å². The van der Waals surface area contributed by atoms with Gasteiger partial charge in [0.1, 0.15) is 0 Å². The second-order valence-electron chi connectivity index (χ2n) is 5.36. The van der Waals surface area contributed by atoms with Crippen LogP contribution in [0.1, 0.15) is 20.3 Å². The Labute approximate surface area is 131 Å². The minimum atomic E-state index is -0.819. The van der Waals surface area contributed by atoms with Crippen LogP contribution in [0.3, 0.4) is 0 Å². The average molecular weight is 353 g/mol. The van der Waals surface area contributed by atoms with Crippen molar-refractivity contribution in [2.75, 3.05) is 0 Å². The molecule has 6 nitrogen and oxygen atoms in total. The first-order valence-electron chi connectivity index (χ1n) is 6.72. The summed E-state index contributed by atoms with van der Waals surface area (Å²) in [7, 11) is 0. The number of carboxylic acid groups (broad SMARTS) is 1. The molecule has 1 heterocycles. The van der Waals surface area contributed by atoms with Gasteiger partial charge < -0.3 is 5.11 Å². The molecule has 1 N–H and O–H groups in total. The van der Waals surface area contributed by atoms with Gasteiger partial charge in [0.2, 0.25) is 0 Å². The number of rotatable bonds is 6. The summed E-state index contributed by atoms with van der Waals surface area (Å²) in [6.45, 7) is 4.28. The molecular weight excluding hydrogens is 336 g/mol. The van der Waals surface area contributed by atoms with Gasteiger partial charge in [0.15, 0.2) is 5.82 Å². The summed E-state index contributed by atoms with van der Waals surface area (Å²) in [6, 6.07) is 7.59. The molecule has 2 aromatic rings. The zero-order valence-electron chi connectivity index (χ0n) is 11.9. The van der Waals surface area contributed by atoms with Crippen molar-refractivity contribution in [1.29, 1.82) is 0 Å². The fourth-order valence-electron chi connectivity index (χ4n) is 2.16. The molecule has 0 aliphatic heterocycles. The molecule has 1 atom stereocenters. The van der Waals surface area contributed by atoms with Crippen LogP contribution in [0.2, 0.25) is 0 Å². The highest BCUT2D eigenvalue weighted by molar-refractivity contribution is 9.10. The van der Waals surface area contributed by atoms with Crippen LogP contribution in [0.4, 0.5) is 0 Å². The van der Waals surface area contributed by atoms with Gasteiger partial charge in [-0.3, -0.25) is 4.79 Å². The van der Waals surface area contributed by atoms with E-state index < -0.39 is 11.9 Å². The van der Waals surface area contributed by atoms with E-state index in [0.29, 0.717) is 18.2 Å². The van der Waals surface area contributed by atoms with E-state index in [4.69, 9.17) is 0 Å². The van der Waals surface area contributed by atoms with Crippen LogP contribution in [0.15, 0.2) is 28.7 Å². The van der Waals surface area contributed by atoms with Crippen molar-refractivity contribution in [3.8, 4) is 11.4 Å². The van der Waals surface area contributed by atoms with E-state index in [-0.39, 0.29) is 6.54 Å². The standard InChI is InChI=1S/C14H17BrN4O2/c1-9(2)7-11(14(20)21)8-19-13(16-17-18-19)10-3-5-12(15)6-4-10/h3-6,9,11H,7-8H2,1-2H3,(H,20,21). The molecule has 0 radical (unpaired) electrons. The molecule has 0 spiro atoms. The lowest BCUT2D eigenvalue weighted by Crippen LogP contribution is -2.23. The van der Waals surface area contributed by atoms with Crippen molar-refractivity contribution in [3.63, 3.8) is 0 Å². The monoisotopic (exact) mass is 352 g/mol. The third kappa shape index (κ3) is 4.10. The smallest absolute Gasteiger partial charge is 0.308 e. The van der Waals surface area contributed by atoms with Gasteiger partial charge in [-0.25, -0.2) is 4.68 Å². The van der Waals surface area contributed by atoms with E-state index in [1.807, 2.05) is 38.1 Å². The molecule has 112 valence electrons. The molecule has 1 aromatic heterocycles. The summed E-state index contributed by atoms with van der Waals surface area (Å²) in [5.74, 6) is -0.431. The fraction of sp³-hybridized carbons (Fsp3) is 0.429. The van der Waals surface area contributed by atoms with E-state index in [2.05, 4.69) is 31.5 Å². The van der Waals surface area contributed by atoms with Crippen molar-refractivity contribution < 1.29 is 9.90 Å². The number of hydrogen-bond donors (Lipinski definition) is 1. The van der Waals surface area contributed by atoms with Crippen molar-refractivity contribution in [3.05, 3.63) is 28.7 Å². The van der Waals surface area contributed by atoms with Crippen LogP contribution in [-0.2, 0) is 11.3 Å².